The molecule has 0 atom stereocenters. The van der Waals surface area contributed by atoms with Gasteiger partial charge in [0.1, 0.15) is 0 Å². The molecular weight excluding hydrogens is 230 g/mol. The predicted octanol–water partition coefficient (Wildman–Crippen LogP) is 0.215. The minimum Gasteiger partial charge on any atom is -0.383 e. The van der Waals surface area contributed by atoms with Crippen molar-refractivity contribution in [2.75, 3.05) is 53.0 Å². The van der Waals surface area contributed by atoms with Gasteiger partial charge in [0.2, 0.25) is 5.91 Å². The van der Waals surface area contributed by atoms with Crippen molar-refractivity contribution in [1.29, 1.82) is 0 Å². The highest BCUT2D eigenvalue weighted by Crippen LogP contribution is 2.06. The third-order valence-corrected chi connectivity index (χ3v) is 3.18. The second-order valence-electron chi connectivity index (χ2n) is 4.75. The molecular formula is C13H27N3O2. The first-order chi connectivity index (χ1) is 8.83. The van der Waals surface area contributed by atoms with E-state index in [9.17, 15) is 4.79 Å². The van der Waals surface area contributed by atoms with Gasteiger partial charge in [0.05, 0.1) is 6.61 Å². The molecule has 0 spiro atoms. The van der Waals surface area contributed by atoms with Crippen LogP contribution in [-0.2, 0) is 9.53 Å². The molecule has 106 valence electrons. The minimum absolute atomic E-state index is 0.0964. The van der Waals surface area contributed by atoms with Crippen LogP contribution in [0.3, 0.4) is 0 Å². The van der Waals surface area contributed by atoms with Gasteiger partial charge < -0.3 is 20.3 Å². The lowest BCUT2D eigenvalue weighted by Crippen LogP contribution is -2.31. The number of nitrogens with zero attached hydrogens (tertiary/aromatic N) is 1. The van der Waals surface area contributed by atoms with Gasteiger partial charge in [0, 0.05) is 26.6 Å². The van der Waals surface area contributed by atoms with Gasteiger partial charge in [-0.05, 0) is 45.4 Å². The van der Waals surface area contributed by atoms with Crippen molar-refractivity contribution < 1.29 is 9.53 Å². The van der Waals surface area contributed by atoms with Crippen LogP contribution in [0.5, 0.6) is 0 Å². The molecule has 0 bridgehead atoms. The highest BCUT2D eigenvalue weighted by molar-refractivity contribution is 5.75. The standard InChI is InChI=1S/C13H27N3O2/c1-18-12-8-15-13(17)5-7-14-6-4-11-16-9-2-3-10-16/h14H,2-12H2,1H3,(H,15,17). The van der Waals surface area contributed by atoms with Crippen molar-refractivity contribution in [3.05, 3.63) is 0 Å². The Balaban J connectivity index is 1.81. The molecule has 1 aliphatic rings. The fourth-order valence-electron chi connectivity index (χ4n) is 2.14. The van der Waals surface area contributed by atoms with Crippen LogP contribution in [0.4, 0.5) is 0 Å². The van der Waals surface area contributed by atoms with Crippen molar-refractivity contribution in [1.82, 2.24) is 15.5 Å². The van der Waals surface area contributed by atoms with Gasteiger partial charge in [0.25, 0.3) is 0 Å². The number of hydrogen-bond acceptors (Lipinski definition) is 4. The van der Waals surface area contributed by atoms with E-state index in [1.807, 2.05) is 0 Å². The Morgan fingerprint density at radius 1 is 1.22 bits per heavy atom. The molecule has 1 saturated heterocycles. The van der Waals surface area contributed by atoms with Gasteiger partial charge in [-0.15, -0.1) is 0 Å². The maximum Gasteiger partial charge on any atom is 0.221 e. The molecule has 0 aromatic carbocycles. The molecule has 1 amide bonds. The summed E-state index contributed by atoms with van der Waals surface area (Å²) in [7, 11) is 1.63. The number of hydrogen-bond donors (Lipinski definition) is 2. The first kappa shape index (κ1) is 15.4. The van der Waals surface area contributed by atoms with Crippen molar-refractivity contribution in [2.45, 2.75) is 25.7 Å². The topological polar surface area (TPSA) is 53.6 Å². The van der Waals surface area contributed by atoms with Crippen molar-refractivity contribution in [3.63, 3.8) is 0 Å². The van der Waals surface area contributed by atoms with E-state index >= 15 is 0 Å². The molecule has 5 heteroatoms. The van der Waals surface area contributed by atoms with Crippen LogP contribution in [0.1, 0.15) is 25.7 Å². The summed E-state index contributed by atoms with van der Waals surface area (Å²) in [6.45, 7) is 6.66. The quantitative estimate of drug-likeness (QED) is 0.550. The zero-order valence-corrected chi connectivity index (χ0v) is 11.5. The average Bonchev–Trinajstić information content (AvgIpc) is 2.87. The van der Waals surface area contributed by atoms with Crippen LogP contribution in [-0.4, -0.2) is 63.8 Å². The number of carbonyl (C=O) groups excluding carboxylic acids is 1. The van der Waals surface area contributed by atoms with Crippen molar-refractivity contribution in [2.24, 2.45) is 0 Å². The van der Waals surface area contributed by atoms with Crippen LogP contribution < -0.4 is 10.6 Å². The summed E-state index contributed by atoms with van der Waals surface area (Å²) in [6.07, 6.45) is 4.43. The number of carbonyl (C=O) groups is 1. The van der Waals surface area contributed by atoms with E-state index in [-0.39, 0.29) is 5.91 Å². The summed E-state index contributed by atoms with van der Waals surface area (Å²) in [5.41, 5.74) is 0. The number of amides is 1. The molecule has 5 nitrogen and oxygen atoms in total. The number of likely N-dealkylation sites (tertiary alicyclic amines) is 1. The van der Waals surface area contributed by atoms with E-state index in [2.05, 4.69) is 15.5 Å². The Hall–Kier alpha value is -0.650. The van der Waals surface area contributed by atoms with Gasteiger partial charge in [-0.1, -0.05) is 0 Å². The van der Waals surface area contributed by atoms with Crippen LogP contribution in [0.2, 0.25) is 0 Å². The number of nitrogens with one attached hydrogen (secondary N) is 2. The molecule has 1 fully saturated rings. The Morgan fingerprint density at radius 3 is 2.72 bits per heavy atom. The zero-order chi connectivity index (χ0) is 13.1. The maximum atomic E-state index is 11.3. The van der Waals surface area contributed by atoms with Crippen LogP contribution in [0.25, 0.3) is 0 Å². The van der Waals surface area contributed by atoms with Crippen LogP contribution in [0.15, 0.2) is 0 Å². The van der Waals surface area contributed by atoms with E-state index < -0.39 is 0 Å². The monoisotopic (exact) mass is 257 g/mol. The summed E-state index contributed by atoms with van der Waals surface area (Å²) in [6, 6.07) is 0. The maximum absolute atomic E-state index is 11.3. The summed E-state index contributed by atoms with van der Waals surface area (Å²) < 4.78 is 4.86. The van der Waals surface area contributed by atoms with Gasteiger partial charge >= 0.3 is 0 Å². The Labute approximate surface area is 110 Å². The van der Waals surface area contributed by atoms with Crippen molar-refractivity contribution >= 4 is 5.91 Å². The van der Waals surface area contributed by atoms with E-state index in [0.29, 0.717) is 19.6 Å². The fourth-order valence-corrected chi connectivity index (χ4v) is 2.14. The highest BCUT2D eigenvalue weighted by Gasteiger charge is 2.09. The second kappa shape index (κ2) is 10.3. The Morgan fingerprint density at radius 2 is 2.00 bits per heavy atom. The molecule has 1 heterocycles. The normalized spacial score (nSPS) is 16.1. The van der Waals surface area contributed by atoms with Crippen LogP contribution >= 0.6 is 0 Å². The van der Waals surface area contributed by atoms with Crippen molar-refractivity contribution in [3.8, 4) is 0 Å². The number of methoxy groups -OCH3 is 1. The lowest BCUT2D eigenvalue weighted by Gasteiger charge is -2.14. The largest absolute Gasteiger partial charge is 0.383 e. The SMILES string of the molecule is COCCNC(=O)CCNCCCN1CCCC1. The van der Waals surface area contributed by atoms with E-state index in [4.69, 9.17) is 4.74 Å². The smallest absolute Gasteiger partial charge is 0.221 e. The number of rotatable bonds is 10. The lowest BCUT2D eigenvalue weighted by atomic mass is 10.3. The summed E-state index contributed by atoms with van der Waals surface area (Å²) >= 11 is 0. The van der Waals surface area contributed by atoms with Gasteiger partial charge in [-0.25, -0.2) is 0 Å². The molecule has 0 saturated carbocycles. The summed E-state index contributed by atoms with van der Waals surface area (Å²) in [4.78, 5) is 13.9. The Kier molecular flexibility index (Phi) is 8.81. The molecule has 0 aliphatic carbocycles. The first-order valence-electron chi connectivity index (χ1n) is 7.01. The average molecular weight is 257 g/mol. The summed E-state index contributed by atoms with van der Waals surface area (Å²) in [5.74, 6) is 0.0964. The molecule has 0 unspecified atom stereocenters. The predicted molar refractivity (Wildman–Crippen MR) is 72.7 cm³/mol. The number of ether oxygens (including phenoxy) is 1. The third-order valence-electron chi connectivity index (χ3n) is 3.18. The van der Waals surface area contributed by atoms with Gasteiger partial charge in [0.15, 0.2) is 0 Å². The Bertz CT molecular complexity index is 218. The summed E-state index contributed by atoms with van der Waals surface area (Å²) in [5, 5.41) is 6.12. The van der Waals surface area contributed by atoms with Gasteiger partial charge in [-0.2, -0.15) is 0 Å². The first-order valence-corrected chi connectivity index (χ1v) is 7.01. The minimum atomic E-state index is 0.0964. The zero-order valence-electron chi connectivity index (χ0n) is 11.5. The van der Waals surface area contributed by atoms with E-state index in [0.717, 1.165) is 13.1 Å². The van der Waals surface area contributed by atoms with Gasteiger partial charge in [-0.3, -0.25) is 4.79 Å². The molecule has 0 aromatic rings. The molecule has 0 aromatic heterocycles. The molecule has 18 heavy (non-hydrogen) atoms. The lowest BCUT2D eigenvalue weighted by molar-refractivity contribution is -0.121. The molecule has 1 aliphatic heterocycles. The van der Waals surface area contributed by atoms with E-state index in [1.165, 1.54) is 38.9 Å². The molecule has 1 rings (SSSR count). The third kappa shape index (κ3) is 7.63. The molecule has 2 N–H and O–H groups in total. The fraction of sp³-hybridized carbons (Fsp3) is 0.923. The second-order valence-corrected chi connectivity index (χ2v) is 4.75. The van der Waals surface area contributed by atoms with Crippen LogP contribution in [0, 0.1) is 0 Å². The van der Waals surface area contributed by atoms with E-state index in [1.54, 1.807) is 7.11 Å². The highest BCUT2D eigenvalue weighted by atomic mass is 16.5. The molecule has 0 radical (unpaired) electrons.